The van der Waals surface area contributed by atoms with Crippen molar-refractivity contribution >= 4 is 5.82 Å². The maximum absolute atomic E-state index is 8.95. The Morgan fingerprint density at radius 1 is 1.60 bits per heavy atom. The van der Waals surface area contributed by atoms with E-state index in [-0.39, 0.29) is 6.10 Å². The van der Waals surface area contributed by atoms with Crippen LogP contribution in [0.25, 0.3) is 0 Å². The van der Waals surface area contributed by atoms with Crippen molar-refractivity contribution in [2.45, 2.75) is 12.5 Å². The molecule has 0 saturated carbocycles. The second kappa shape index (κ2) is 5.35. The molecule has 1 fully saturated rings. The molecule has 2 atom stereocenters. The monoisotopic (exact) mass is 272 g/mol. The molecule has 0 spiro atoms. The first-order chi connectivity index (χ1) is 9.78. The molecule has 0 aromatic carbocycles. The Kier molecular flexibility index (Phi) is 3.39. The third-order valence-electron chi connectivity index (χ3n) is 3.57. The van der Waals surface area contributed by atoms with Gasteiger partial charge in [0.2, 0.25) is 0 Å². The Bertz CT molecular complexity index is 625. The smallest absolute Gasteiger partial charge is 0.139 e. The fourth-order valence-corrected chi connectivity index (χ4v) is 2.54. The topological polar surface area (TPSA) is 91.5 Å². The Morgan fingerprint density at radius 2 is 2.50 bits per heavy atom. The predicted molar refractivity (Wildman–Crippen MR) is 71.8 cm³/mol. The zero-order valence-electron chi connectivity index (χ0n) is 11.2. The summed E-state index contributed by atoms with van der Waals surface area (Å²) in [5.41, 5.74) is 1.63. The Hall–Kier alpha value is -2.33. The molecule has 0 unspecified atom stereocenters. The molecule has 0 aliphatic carbocycles. The lowest BCUT2D eigenvalue weighted by atomic mass is 9.97. The molecule has 2 aromatic rings. The van der Waals surface area contributed by atoms with Crippen LogP contribution < -0.4 is 5.32 Å². The van der Waals surface area contributed by atoms with Gasteiger partial charge in [0, 0.05) is 37.9 Å². The van der Waals surface area contributed by atoms with Gasteiger partial charge in [-0.2, -0.15) is 15.5 Å². The van der Waals surface area contributed by atoms with Crippen LogP contribution in [0.4, 0.5) is 5.82 Å². The summed E-state index contributed by atoms with van der Waals surface area (Å²) in [4.78, 5) is 0. The van der Waals surface area contributed by atoms with Crippen molar-refractivity contribution in [3.8, 4) is 6.07 Å². The minimum atomic E-state index is 0.0599. The summed E-state index contributed by atoms with van der Waals surface area (Å²) in [6, 6.07) is 2.10. The second-order valence-corrected chi connectivity index (χ2v) is 4.94. The largest absolute Gasteiger partial charge is 0.373 e. The molecule has 1 aliphatic rings. The molecule has 0 amide bonds. The van der Waals surface area contributed by atoms with Crippen LogP contribution in [0.15, 0.2) is 18.6 Å². The molecule has 20 heavy (non-hydrogen) atoms. The lowest BCUT2D eigenvalue weighted by Gasteiger charge is -2.17. The maximum Gasteiger partial charge on any atom is 0.139 e. The van der Waals surface area contributed by atoms with Gasteiger partial charge in [-0.1, -0.05) is 0 Å². The van der Waals surface area contributed by atoms with E-state index < -0.39 is 0 Å². The third kappa shape index (κ3) is 2.38. The van der Waals surface area contributed by atoms with Crippen LogP contribution in [0, 0.1) is 17.2 Å². The number of aromatic amines is 1. The molecule has 0 bridgehead atoms. The van der Waals surface area contributed by atoms with Gasteiger partial charge in [-0.05, 0) is 6.42 Å². The van der Waals surface area contributed by atoms with E-state index >= 15 is 0 Å². The van der Waals surface area contributed by atoms with Gasteiger partial charge in [-0.3, -0.25) is 9.78 Å². The van der Waals surface area contributed by atoms with Crippen molar-refractivity contribution in [3.63, 3.8) is 0 Å². The van der Waals surface area contributed by atoms with E-state index in [0.717, 1.165) is 25.1 Å². The van der Waals surface area contributed by atoms with Crippen LogP contribution in [0.1, 0.15) is 23.7 Å². The van der Waals surface area contributed by atoms with Crippen LogP contribution in [-0.2, 0) is 11.8 Å². The molecular weight excluding hydrogens is 256 g/mol. The molecule has 3 rings (SSSR count). The van der Waals surface area contributed by atoms with Crippen molar-refractivity contribution in [2.24, 2.45) is 13.0 Å². The number of nitrogens with one attached hydrogen (secondary N) is 2. The second-order valence-electron chi connectivity index (χ2n) is 4.94. The molecule has 1 saturated heterocycles. The number of aromatic nitrogens is 4. The molecule has 104 valence electrons. The van der Waals surface area contributed by atoms with Crippen molar-refractivity contribution < 1.29 is 4.74 Å². The molecule has 2 N–H and O–H groups in total. The number of ether oxygens (including phenoxy) is 1. The van der Waals surface area contributed by atoms with Crippen molar-refractivity contribution in [1.29, 1.82) is 5.26 Å². The van der Waals surface area contributed by atoms with Crippen LogP contribution in [-0.4, -0.2) is 33.1 Å². The predicted octanol–water partition coefficient (Wildman–Crippen LogP) is 1.20. The summed E-state index contributed by atoms with van der Waals surface area (Å²) in [7, 11) is 1.90. The summed E-state index contributed by atoms with van der Waals surface area (Å²) < 4.78 is 7.59. The first-order valence-corrected chi connectivity index (χ1v) is 6.55. The van der Waals surface area contributed by atoms with Crippen molar-refractivity contribution in [3.05, 3.63) is 29.7 Å². The van der Waals surface area contributed by atoms with Gasteiger partial charge in [0.25, 0.3) is 0 Å². The van der Waals surface area contributed by atoms with Gasteiger partial charge in [0.1, 0.15) is 17.5 Å². The summed E-state index contributed by atoms with van der Waals surface area (Å²) in [5, 5.41) is 23.0. The maximum atomic E-state index is 8.95. The Balaban J connectivity index is 1.66. The standard InChI is InChI=1S/C13H16N6O/c1-19-8-11(7-17-19)12-9(2-3-20-12)5-15-13-10(4-14)6-16-18-13/h6-9,12H,2-3,5H2,1H3,(H2,15,16,18)/t9-,12+/m1/s1. The number of nitrogens with zero attached hydrogens (tertiary/aromatic N) is 4. The Morgan fingerprint density at radius 3 is 3.25 bits per heavy atom. The highest BCUT2D eigenvalue weighted by Crippen LogP contribution is 2.34. The normalized spacial score (nSPS) is 21.8. The molecule has 0 radical (unpaired) electrons. The Labute approximate surface area is 116 Å². The number of rotatable bonds is 4. The molecule has 3 heterocycles. The molecule has 1 aliphatic heterocycles. The van der Waals surface area contributed by atoms with Crippen LogP contribution >= 0.6 is 0 Å². The minimum Gasteiger partial charge on any atom is -0.373 e. The number of hydrogen-bond acceptors (Lipinski definition) is 5. The molecular formula is C13H16N6O. The van der Waals surface area contributed by atoms with Crippen LogP contribution in [0.5, 0.6) is 0 Å². The van der Waals surface area contributed by atoms with Gasteiger partial charge in [0.05, 0.1) is 18.5 Å². The zero-order chi connectivity index (χ0) is 13.9. The number of nitriles is 1. The summed E-state index contributed by atoms with van der Waals surface area (Å²) in [6.45, 7) is 1.48. The first-order valence-electron chi connectivity index (χ1n) is 6.55. The van der Waals surface area contributed by atoms with Gasteiger partial charge in [-0.25, -0.2) is 0 Å². The van der Waals surface area contributed by atoms with Gasteiger partial charge >= 0.3 is 0 Å². The quantitative estimate of drug-likeness (QED) is 0.872. The van der Waals surface area contributed by atoms with E-state index in [2.05, 4.69) is 26.7 Å². The highest BCUT2D eigenvalue weighted by atomic mass is 16.5. The van der Waals surface area contributed by atoms with E-state index in [1.54, 1.807) is 4.68 Å². The number of hydrogen-bond donors (Lipinski definition) is 2. The molecule has 7 nitrogen and oxygen atoms in total. The van der Waals surface area contributed by atoms with E-state index in [4.69, 9.17) is 10.00 Å². The van der Waals surface area contributed by atoms with Crippen molar-refractivity contribution in [1.82, 2.24) is 20.0 Å². The average Bonchev–Trinajstić information content (AvgIpc) is 3.15. The van der Waals surface area contributed by atoms with E-state index in [1.165, 1.54) is 6.20 Å². The van der Waals surface area contributed by atoms with Crippen LogP contribution in [0.2, 0.25) is 0 Å². The van der Waals surface area contributed by atoms with Crippen LogP contribution in [0.3, 0.4) is 0 Å². The van der Waals surface area contributed by atoms with Gasteiger partial charge < -0.3 is 10.1 Å². The zero-order valence-corrected chi connectivity index (χ0v) is 11.2. The lowest BCUT2D eigenvalue weighted by Crippen LogP contribution is -2.18. The van der Waals surface area contributed by atoms with Gasteiger partial charge in [0.15, 0.2) is 0 Å². The highest BCUT2D eigenvalue weighted by Gasteiger charge is 2.30. The third-order valence-corrected chi connectivity index (χ3v) is 3.57. The SMILES string of the molecule is Cn1cc([C@H]2OCC[C@@H]2CNc2[nH]ncc2C#N)cn1. The number of H-pyrrole nitrogens is 1. The van der Waals surface area contributed by atoms with Crippen molar-refractivity contribution in [2.75, 3.05) is 18.5 Å². The first kappa shape index (κ1) is 12.7. The highest BCUT2D eigenvalue weighted by molar-refractivity contribution is 5.50. The van der Waals surface area contributed by atoms with E-state index in [9.17, 15) is 0 Å². The lowest BCUT2D eigenvalue weighted by molar-refractivity contribution is 0.0932. The van der Waals surface area contributed by atoms with Gasteiger partial charge in [-0.15, -0.1) is 0 Å². The summed E-state index contributed by atoms with van der Waals surface area (Å²) >= 11 is 0. The fourth-order valence-electron chi connectivity index (χ4n) is 2.54. The summed E-state index contributed by atoms with van der Waals surface area (Å²) in [5.74, 6) is 1.03. The molecule has 7 heteroatoms. The average molecular weight is 272 g/mol. The number of aryl methyl sites for hydroxylation is 1. The van der Waals surface area contributed by atoms with E-state index in [1.807, 2.05) is 19.4 Å². The molecule has 2 aromatic heterocycles. The fraction of sp³-hybridized carbons (Fsp3) is 0.462. The minimum absolute atomic E-state index is 0.0599. The summed E-state index contributed by atoms with van der Waals surface area (Å²) in [6.07, 6.45) is 6.40. The number of anilines is 1. The van der Waals surface area contributed by atoms with E-state index in [0.29, 0.717) is 17.3 Å².